The first kappa shape index (κ1) is 28.0. The lowest BCUT2D eigenvalue weighted by molar-refractivity contribution is -0.130. The molecular formula is C27H36N2O3S2. The number of thiol groups is 1. The number of thioether (sulfide) groups is 1. The van der Waals surface area contributed by atoms with Gasteiger partial charge in [0.1, 0.15) is 0 Å². The number of benzene rings is 2. The fraction of sp³-hybridized carbons (Fsp3) is 0.444. The maximum Gasteiger partial charge on any atom is 0.227 e. The Hall–Kier alpha value is -2.25. The fourth-order valence-corrected chi connectivity index (χ4v) is 4.51. The molecule has 1 amide bonds. The highest BCUT2D eigenvalue weighted by atomic mass is 32.2. The van der Waals surface area contributed by atoms with E-state index in [9.17, 15) is 14.4 Å². The van der Waals surface area contributed by atoms with Gasteiger partial charge in [0, 0.05) is 31.1 Å². The third kappa shape index (κ3) is 9.18. The lowest BCUT2D eigenvalue weighted by atomic mass is 9.94. The SMILES string of the molecule is CN(C)c1ccc(CCCCC[C@H](NC(=O)C(C)(C)CSC(=O)c2ccccc2)C(=O)S)cc1. The van der Waals surface area contributed by atoms with Crippen molar-refractivity contribution in [2.75, 3.05) is 24.7 Å². The van der Waals surface area contributed by atoms with Crippen LogP contribution in [-0.4, -0.2) is 42.0 Å². The summed E-state index contributed by atoms with van der Waals surface area (Å²) < 4.78 is 0. The highest BCUT2D eigenvalue weighted by Gasteiger charge is 2.31. The largest absolute Gasteiger partial charge is 0.378 e. The molecule has 184 valence electrons. The first-order valence-corrected chi connectivity index (χ1v) is 13.1. The lowest BCUT2D eigenvalue weighted by Crippen LogP contribution is -2.46. The van der Waals surface area contributed by atoms with Crippen LogP contribution in [0.2, 0.25) is 0 Å². The zero-order valence-electron chi connectivity index (χ0n) is 20.5. The molecule has 0 aliphatic heterocycles. The third-order valence-electron chi connectivity index (χ3n) is 5.70. The van der Waals surface area contributed by atoms with Crippen molar-refractivity contribution in [3.8, 4) is 0 Å². The third-order valence-corrected chi connectivity index (χ3v) is 7.38. The van der Waals surface area contributed by atoms with Crippen LogP contribution in [0.15, 0.2) is 54.6 Å². The Bertz CT molecular complexity index is 944. The standard InChI is InChI=1S/C27H36N2O3S2/c1-27(2,19-34-25(31)21-12-8-6-9-13-21)26(32)28-23(24(30)33)14-10-5-7-11-20-15-17-22(18-16-20)29(3)4/h6,8-9,12-13,15-18,23H,5,7,10-11,14,19H2,1-4H3,(H,28,32)(H,30,33)/t23-/m0/s1. The van der Waals surface area contributed by atoms with Gasteiger partial charge in [-0.15, -0.1) is 12.6 Å². The molecule has 0 spiro atoms. The van der Waals surface area contributed by atoms with E-state index in [-0.39, 0.29) is 16.1 Å². The van der Waals surface area contributed by atoms with Gasteiger partial charge < -0.3 is 10.2 Å². The first-order valence-electron chi connectivity index (χ1n) is 11.6. The van der Waals surface area contributed by atoms with Gasteiger partial charge in [0.15, 0.2) is 0 Å². The summed E-state index contributed by atoms with van der Waals surface area (Å²) >= 11 is 5.11. The minimum Gasteiger partial charge on any atom is -0.378 e. The van der Waals surface area contributed by atoms with E-state index in [2.05, 4.69) is 47.1 Å². The van der Waals surface area contributed by atoms with Gasteiger partial charge in [-0.1, -0.05) is 80.9 Å². The van der Waals surface area contributed by atoms with E-state index >= 15 is 0 Å². The van der Waals surface area contributed by atoms with Gasteiger partial charge in [-0.3, -0.25) is 14.4 Å². The molecule has 0 saturated carbocycles. The van der Waals surface area contributed by atoms with E-state index in [1.54, 1.807) is 26.0 Å². The van der Waals surface area contributed by atoms with Gasteiger partial charge in [-0.2, -0.15) is 0 Å². The number of hydrogen-bond acceptors (Lipinski definition) is 5. The molecule has 1 atom stereocenters. The first-order chi connectivity index (χ1) is 16.1. The van der Waals surface area contributed by atoms with Crippen molar-refractivity contribution in [2.45, 2.75) is 52.0 Å². The molecule has 0 aliphatic rings. The molecule has 0 aliphatic carbocycles. The summed E-state index contributed by atoms with van der Waals surface area (Å²) in [5.41, 5.74) is 2.29. The number of carbonyl (C=O) groups is 3. The Morgan fingerprint density at radius 3 is 2.21 bits per heavy atom. The number of anilines is 1. The van der Waals surface area contributed by atoms with Gasteiger partial charge in [0.25, 0.3) is 0 Å². The molecule has 0 radical (unpaired) electrons. The maximum absolute atomic E-state index is 12.9. The van der Waals surface area contributed by atoms with Crippen LogP contribution in [0, 0.1) is 5.41 Å². The number of unbranched alkanes of at least 4 members (excludes halogenated alkanes) is 2. The van der Waals surface area contributed by atoms with Crippen LogP contribution in [0.1, 0.15) is 55.5 Å². The van der Waals surface area contributed by atoms with Gasteiger partial charge in [0.05, 0.1) is 11.5 Å². The van der Waals surface area contributed by atoms with Gasteiger partial charge >= 0.3 is 0 Å². The number of rotatable bonds is 13. The normalized spacial score (nSPS) is 12.1. The fourth-order valence-electron chi connectivity index (χ4n) is 3.40. The molecule has 0 aromatic heterocycles. The molecular weight excluding hydrogens is 464 g/mol. The molecule has 7 heteroatoms. The van der Waals surface area contributed by atoms with Crippen LogP contribution in [0.4, 0.5) is 5.69 Å². The van der Waals surface area contributed by atoms with E-state index in [1.165, 1.54) is 11.3 Å². The number of hydrogen-bond donors (Lipinski definition) is 2. The predicted octanol–water partition coefficient (Wildman–Crippen LogP) is 5.40. The van der Waals surface area contributed by atoms with E-state index in [0.717, 1.165) is 37.4 Å². The summed E-state index contributed by atoms with van der Waals surface area (Å²) in [7, 11) is 4.05. The van der Waals surface area contributed by atoms with Crippen LogP contribution < -0.4 is 10.2 Å². The summed E-state index contributed by atoms with van der Waals surface area (Å²) in [6, 6.07) is 16.9. The van der Waals surface area contributed by atoms with Gasteiger partial charge in [-0.25, -0.2) is 0 Å². The summed E-state index contributed by atoms with van der Waals surface area (Å²) in [5.74, 6) is 0.0846. The molecule has 34 heavy (non-hydrogen) atoms. The smallest absolute Gasteiger partial charge is 0.227 e. The van der Waals surface area contributed by atoms with Crippen LogP contribution in [0.25, 0.3) is 0 Å². The Kier molecular flexibility index (Phi) is 11.2. The molecule has 0 heterocycles. The Balaban J connectivity index is 1.76. The van der Waals surface area contributed by atoms with Crippen molar-refractivity contribution < 1.29 is 14.4 Å². The molecule has 0 saturated heterocycles. The summed E-state index contributed by atoms with van der Waals surface area (Å²) in [4.78, 5) is 39.3. The number of amides is 1. The Morgan fingerprint density at radius 1 is 0.971 bits per heavy atom. The van der Waals surface area contributed by atoms with Crippen molar-refractivity contribution in [1.29, 1.82) is 0 Å². The summed E-state index contributed by atoms with van der Waals surface area (Å²) in [5, 5.41) is 2.45. The van der Waals surface area contributed by atoms with E-state index in [1.807, 2.05) is 32.3 Å². The second kappa shape index (κ2) is 13.6. The van der Waals surface area contributed by atoms with Crippen LogP contribution in [0.3, 0.4) is 0 Å². The highest BCUT2D eigenvalue weighted by Crippen LogP contribution is 2.25. The van der Waals surface area contributed by atoms with Crippen molar-refractivity contribution in [2.24, 2.45) is 5.41 Å². The number of aryl methyl sites for hydroxylation is 1. The second-order valence-corrected chi connectivity index (χ2v) is 10.7. The molecule has 2 rings (SSSR count). The van der Waals surface area contributed by atoms with Crippen molar-refractivity contribution >= 4 is 46.2 Å². The van der Waals surface area contributed by atoms with Crippen LogP contribution in [-0.2, 0) is 16.0 Å². The van der Waals surface area contributed by atoms with Crippen molar-refractivity contribution in [1.82, 2.24) is 5.32 Å². The number of nitrogens with one attached hydrogen (secondary N) is 1. The Labute approximate surface area is 213 Å². The molecule has 1 N–H and O–H groups in total. The average molecular weight is 501 g/mol. The minimum atomic E-state index is -0.796. The van der Waals surface area contributed by atoms with Gasteiger partial charge in [0.2, 0.25) is 16.1 Å². The zero-order valence-corrected chi connectivity index (χ0v) is 22.3. The monoisotopic (exact) mass is 500 g/mol. The number of nitrogens with zero attached hydrogens (tertiary/aromatic N) is 1. The van der Waals surface area contributed by atoms with E-state index in [0.29, 0.717) is 17.7 Å². The molecule has 5 nitrogen and oxygen atoms in total. The maximum atomic E-state index is 12.9. The van der Waals surface area contributed by atoms with Crippen LogP contribution >= 0.6 is 24.4 Å². The van der Waals surface area contributed by atoms with E-state index < -0.39 is 11.5 Å². The van der Waals surface area contributed by atoms with Crippen molar-refractivity contribution in [3.63, 3.8) is 0 Å². The average Bonchev–Trinajstić information content (AvgIpc) is 2.82. The zero-order chi connectivity index (χ0) is 25.1. The second-order valence-electron chi connectivity index (χ2n) is 9.35. The molecule has 2 aromatic rings. The topological polar surface area (TPSA) is 66.5 Å². The molecule has 0 fully saturated rings. The lowest BCUT2D eigenvalue weighted by Gasteiger charge is -2.25. The van der Waals surface area contributed by atoms with E-state index in [4.69, 9.17) is 0 Å². The molecule has 0 unspecified atom stereocenters. The molecule has 2 aromatic carbocycles. The predicted molar refractivity (Wildman–Crippen MR) is 146 cm³/mol. The summed E-state index contributed by atoms with van der Waals surface area (Å²) in [6.07, 6.45) is 4.36. The minimum absolute atomic E-state index is 0.0698. The molecule has 0 bridgehead atoms. The van der Waals surface area contributed by atoms with Crippen molar-refractivity contribution in [3.05, 3.63) is 65.7 Å². The number of carbonyl (C=O) groups excluding carboxylic acids is 3. The summed E-state index contributed by atoms with van der Waals surface area (Å²) in [6.45, 7) is 3.57. The van der Waals surface area contributed by atoms with Crippen LogP contribution in [0.5, 0.6) is 0 Å². The quantitative estimate of drug-likeness (QED) is 0.285. The highest BCUT2D eigenvalue weighted by molar-refractivity contribution is 8.14. The Morgan fingerprint density at radius 2 is 1.62 bits per heavy atom. The van der Waals surface area contributed by atoms with Gasteiger partial charge in [-0.05, 0) is 37.0 Å².